The highest BCUT2D eigenvalue weighted by Gasteiger charge is 2.39. The van der Waals surface area contributed by atoms with Crippen LogP contribution in [0.25, 0.3) is 43.1 Å². The first-order valence-electron chi connectivity index (χ1n) is 21.4. The van der Waals surface area contributed by atoms with E-state index in [9.17, 15) is 19.2 Å². The zero-order chi connectivity index (χ0) is 37.8. The Kier molecular flexibility index (Phi) is 12.0. The van der Waals surface area contributed by atoms with E-state index < -0.39 is 0 Å². The second-order valence-corrected chi connectivity index (χ2v) is 16.1. The highest BCUT2D eigenvalue weighted by Crippen LogP contribution is 2.46. The SMILES string of the molecule is CCCCCCCCCCCN1C(=O)c2ccc3c4ccc5c6c(ccc(c7ccc(c2c37)C1=O)c64)C(=O)N(C(CCCCCC)CCCCCC)C5=O. The van der Waals surface area contributed by atoms with Crippen LogP contribution < -0.4 is 0 Å². The van der Waals surface area contributed by atoms with Crippen molar-refractivity contribution in [2.24, 2.45) is 0 Å². The first kappa shape index (κ1) is 38.0. The van der Waals surface area contributed by atoms with E-state index in [0.717, 1.165) is 127 Å². The third-order valence-corrected chi connectivity index (χ3v) is 12.4. The molecule has 6 nitrogen and oxygen atoms in total. The third-order valence-electron chi connectivity index (χ3n) is 12.4. The van der Waals surface area contributed by atoms with Crippen LogP contribution in [0.2, 0.25) is 0 Å². The smallest absolute Gasteiger partial charge is 0.261 e. The number of amides is 4. The number of hydrogen-bond acceptors (Lipinski definition) is 4. The van der Waals surface area contributed by atoms with E-state index in [1.807, 2.05) is 48.5 Å². The molecule has 0 saturated carbocycles. The van der Waals surface area contributed by atoms with Crippen molar-refractivity contribution in [3.63, 3.8) is 0 Å². The van der Waals surface area contributed by atoms with Crippen molar-refractivity contribution < 1.29 is 19.2 Å². The molecule has 5 aromatic carbocycles. The molecule has 0 unspecified atom stereocenters. The number of nitrogens with zero attached hydrogens (tertiary/aromatic N) is 2. The molecule has 0 fully saturated rings. The summed E-state index contributed by atoms with van der Waals surface area (Å²) in [6.45, 7) is 7.07. The first-order chi connectivity index (χ1) is 26.4. The minimum Gasteiger partial charge on any atom is -0.274 e. The Bertz CT molecular complexity index is 2050. The van der Waals surface area contributed by atoms with E-state index in [-0.39, 0.29) is 29.7 Å². The Morgan fingerprint density at radius 2 is 0.722 bits per heavy atom. The molecule has 2 aliphatic rings. The molecule has 0 aliphatic carbocycles. The molecule has 0 saturated heterocycles. The van der Waals surface area contributed by atoms with Gasteiger partial charge in [0.2, 0.25) is 0 Å². The Morgan fingerprint density at radius 3 is 1.11 bits per heavy atom. The average molecular weight is 727 g/mol. The zero-order valence-electron chi connectivity index (χ0n) is 32.9. The summed E-state index contributed by atoms with van der Waals surface area (Å²) in [6, 6.07) is 15.5. The van der Waals surface area contributed by atoms with Gasteiger partial charge in [-0.05, 0) is 75.8 Å². The number of rotatable bonds is 21. The van der Waals surface area contributed by atoms with Gasteiger partial charge in [-0.15, -0.1) is 0 Å². The minimum absolute atomic E-state index is 0.110. The minimum atomic E-state index is -0.220. The van der Waals surface area contributed by atoms with Crippen molar-refractivity contribution in [3.8, 4) is 0 Å². The van der Waals surface area contributed by atoms with Crippen molar-refractivity contribution in [1.29, 1.82) is 0 Å². The summed E-state index contributed by atoms with van der Waals surface area (Å²) in [4.78, 5) is 59.8. The van der Waals surface area contributed by atoms with Gasteiger partial charge in [-0.25, -0.2) is 0 Å². The molecular formula is C48H58N2O4. The Labute approximate surface area is 321 Å². The summed E-state index contributed by atoms with van der Waals surface area (Å²) in [5, 5.41) is 6.99. The summed E-state index contributed by atoms with van der Waals surface area (Å²) >= 11 is 0. The zero-order valence-corrected chi connectivity index (χ0v) is 32.9. The fourth-order valence-electron chi connectivity index (χ4n) is 9.47. The molecule has 284 valence electrons. The first-order valence-corrected chi connectivity index (χ1v) is 21.4. The Hall–Kier alpha value is -4.32. The standard InChI is InChI=1S/C48H58N2O4/c1-4-7-10-13-14-15-16-17-20-31-49-45(51)37-27-23-33-35-25-29-39-44-40(30-26-36(42(35)44)34-24-28-38(46(49)52)43(37)41(33)34)48(54)50(47(39)53)32(21-18-11-8-5-2)22-19-12-9-6-3/h23-30,32H,4-22,31H2,1-3H3. The second-order valence-electron chi connectivity index (χ2n) is 16.1. The van der Waals surface area contributed by atoms with Crippen molar-refractivity contribution in [1.82, 2.24) is 9.80 Å². The molecule has 2 aliphatic heterocycles. The average Bonchev–Trinajstić information content (AvgIpc) is 3.18. The van der Waals surface area contributed by atoms with Gasteiger partial charge >= 0.3 is 0 Å². The van der Waals surface area contributed by atoms with Crippen LogP contribution in [-0.2, 0) is 0 Å². The lowest BCUT2D eigenvalue weighted by Gasteiger charge is -2.35. The lowest BCUT2D eigenvalue weighted by molar-refractivity contribution is 0.0514. The number of carbonyl (C=O) groups is 4. The molecule has 0 aromatic heterocycles. The third kappa shape index (κ3) is 6.90. The van der Waals surface area contributed by atoms with Gasteiger partial charge in [0.1, 0.15) is 0 Å². The summed E-state index contributed by atoms with van der Waals surface area (Å²) in [5.41, 5.74) is 2.31. The lowest BCUT2D eigenvalue weighted by Crippen LogP contribution is -2.47. The molecular weight excluding hydrogens is 669 g/mol. The lowest BCUT2D eigenvalue weighted by atomic mass is 9.82. The van der Waals surface area contributed by atoms with Crippen LogP contribution in [0.4, 0.5) is 0 Å². The predicted octanol–water partition coefficient (Wildman–Crippen LogP) is 12.8. The summed E-state index contributed by atoms with van der Waals surface area (Å²) in [6.07, 6.45) is 21.1. The van der Waals surface area contributed by atoms with E-state index in [1.54, 1.807) is 4.90 Å². The molecule has 54 heavy (non-hydrogen) atoms. The number of imide groups is 2. The topological polar surface area (TPSA) is 74.8 Å². The normalized spacial score (nSPS) is 14.4. The van der Waals surface area contributed by atoms with Crippen LogP contribution in [0.3, 0.4) is 0 Å². The van der Waals surface area contributed by atoms with Crippen molar-refractivity contribution >= 4 is 66.7 Å². The predicted molar refractivity (Wildman–Crippen MR) is 222 cm³/mol. The van der Waals surface area contributed by atoms with Crippen LogP contribution >= 0.6 is 0 Å². The summed E-state index contributed by atoms with van der Waals surface area (Å²) in [7, 11) is 0. The van der Waals surface area contributed by atoms with E-state index >= 15 is 0 Å². The Balaban J connectivity index is 1.21. The molecule has 0 bridgehead atoms. The van der Waals surface area contributed by atoms with Crippen LogP contribution in [0, 0.1) is 0 Å². The number of fused-ring (bicyclic) bond motifs is 2. The summed E-state index contributed by atoms with van der Waals surface area (Å²) < 4.78 is 0. The van der Waals surface area contributed by atoms with Gasteiger partial charge < -0.3 is 0 Å². The molecule has 4 amide bonds. The van der Waals surface area contributed by atoms with Crippen molar-refractivity contribution in [3.05, 3.63) is 70.8 Å². The van der Waals surface area contributed by atoms with Crippen LogP contribution in [-0.4, -0.2) is 46.0 Å². The van der Waals surface area contributed by atoms with E-state index in [0.29, 0.717) is 28.8 Å². The highest BCUT2D eigenvalue weighted by molar-refractivity contribution is 6.41. The molecule has 6 heteroatoms. The van der Waals surface area contributed by atoms with E-state index in [1.165, 1.54) is 43.4 Å². The van der Waals surface area contributed by atoms with Gasteiger partial charge in [0, 0.05) is 45.6 Å². The van der Waals surface area contributed by atoms with Crippen molar-refractivity contribution in [2.75, 3.05) is 6.54 Å². The second kappa shape index (κ2) is 17.0. The largest absolute Gasteiger partial charge is 0.274 e. The number of hydrogen-bond donors (Lipinski definition) is 0. The summed E-state index contributed by atoms with van der Waals surface area (Å²) in [5.74, 6) is -0.818. The number of unbranched alkanes of at least 4 members (excludes halogenated alkanes) is 14. The van der Waals surface area contributed by atoms with Gasteiger partial charge in [-0.2, -0.15) is 0 Å². The van der Waals surface area contributed by atoms with Crippen LogP contribution in [0.15, 0.2) is 48.5 Å². The van der Waals surface area contributed by atoms with Crippen molar-refractivity contribution in [2.45, 2.75) is 149 Å². The van der Waals surface area contributed by atoms with Gasteiger partial charge in [-0.3, -0.25) is 29.0 Å². The maximum atomic E-state index is 14.4. The van der Waals surface area contributed by atoms with E-state index in [4.69, 9.17) is 0 Å². The molecule has 0 atom stereocenters. The Morgan fingerprint density at radius 1 is 0.389 bits per heavy atom. The fraction of sp³-hybridized carbons (Fsp3) is 0.500. The molecule has 0 radical (unpaired) electrons. The maximum Gasteiger partial charge on any atom is 0.261 e. The molecule has 0 N–H and O–H groups in total. The van der Waals surface area contributed by atoms with Crippen LogP contribution in [0.1, 0.15) is 184 Å². The molecule has 0 spiro atoms. The van der Waals surface area contributed by atoms with Crippen LogP contribution in [0.5, 0.6) is 0 Å². The molecule has 2 heterocycles. The molecule has 7 rings (SSSR count). The van der Waals surface area contributed by atoms with Gasteiger partial charge in [-0.1, -0.05) is 148 Å². The monoisotopic (exact) mass is 726 g/mol. The van der Waals surface area contributed by atoms with Gasteiger partial charge in [0.25, 0.3) is 23.6 Å². The van der Waals surface area contributed by atoms with Gasteiger partial charge in [0.05, 0.1) is 0 Å². The number of carbonyl (C=O) groups excluding carboxylic acids is 4. The number of benzene rings is 5. The quantitative estimate of drug-likeness (QED) is 0.0326. The van der Waals surface area contributed by atoms with Gasteiger partial charge in [0.15, 0.2) is 0 Å². The van der Waals surface area contributed by atoms with E-state index in [2.05, 4.69) is 20.8 Å². The highest BCUT2D eigenvalue weighted by atomic mass is 16.2. The maximum absolute atomic E-state index is 14.4. The fourth-order valence-corrected chi connectivity index (χ4v) is 9.47. The molecule has 5 aromatic rings.